The molecule has 0 aliphatic heterocycles. The third-order valence-corrected chi connectivity index (χ3v) is 2.15. The van der Waals surface area contributed by atoms with Gasteiger partial charge in [0.1, 0.15) is 0 Å². The van der Waals surface area contributed by atoms with Gasteiger partial charge in [-0.15, -0.1) is 0 Å². The minimum absolute atomic E-state index is 0.0647. The van der Waals surface area contributed by atoms with Crippen molar-refractivity contribution in [3.05, 3.63) is 35.4 Å². The molecule has 0 aliphatic carbocycles. The molecule has 0 spiro atoms. The summed E-state index contributed by atoms with van der Waals surface area (Å²) in [6.07, 6.45) is 0.0647. The number of benzene rings is 1. The van der Waals surface area contributed by atoms with Crippen LogP contribution in [0.2, 0.25) is 0 Å². The van der Waals surface area contributed by atoms with Crippen molar-refractivity contribution in [3.63, 3.8) is 0 Å². The van der Waals surface area contributed by atoms with Crippen molar-refractivity contribution in [1.29, 1.82) is 0 Å². The maximum absolute atomic E-state index is 10.4. The van der Waals surface area contributed by atoms with Gasteiger partial charge in [-0.2, -0.15) is 4.89 Å². The highest BCUT2D eigenvalue weighted by atomic mass is 31.1. The highest BCUT2D eigenvalue weighted by Crippen LogP contribution is 2.21. The fourth-order valence-corrected chi connectivity index (χ4v) is 1.43. The summed E-state index contributed by atoms with van der Waals surface area (Å²) in [5.41, 5.74) is 0.838. The highest BCUT2D eigenvalue weighted by molar-refractivity contribution is 7.37. The Morgan fingerprint density at radius 2 is 1.85 bits per heavy atom. The molecule has 13 heavy (non-hydrogen) atoms. The molecule has 1 unspecified atom stereocenters. The summed E-state index contributed by atoms with van der Waals surface area (Å²) in [6.45, 7) is 0. The van der Waals surface area contributed by atoms with E-state index in [4.69, 9.17) is 10.00 Å². The van der Waals surface area contributed by atoms with Crippen LogP contribution >= 0.6 is 8.03 Å². The number of hydrogen-bond acceptors (Lipinski definition) is 2. The first kappa shape index (κ1) is 9.84. The molecule has 0 amide bonds. The molecule has 0 aromatic heterocycles. The van der Waals surface area contributed by atoms with Crippen LogP contribution in [0.5, 0.6) is 0 Å². The molecule has 1 aromatic rings. The molecular weight excluding hydrogens is 191 g/mol. The maximum atomic E-state index is 10.4. The molecule has 4 nitrogen and oxygen atoms in total. The van der Waals surface area contributed by atoms with Crippen molar-refractivity contribution in [2.45, 2.75) is 6.16 Å². The predicted molar refractivity (Wildman–Crippen MR) is 46.9 cm³/mol. The van der Waals surface area contributed by atoms with Crippen LogP contribution in [0.3, 0.4) is 0 Å². The van der Waals surface area contributed by atoms with Crippen LogP contribution in [0, 0.1) is 0 Å². The Morgan fingerprint density at radius 3 is 2.23 bits per heavy atom. The molecule has 0 aliphatic rings. The molecule has 1 atom stereocenters. The third-order valence-electron chi connectivity index (χ3n) is 1.52. The highest BCUT2D eigenvalue weighted by Gasteiger charge is 2.11. The van der Waals surface area contributed by atoms with Crippen molar-refractivity contribution in [3.8, 4) is 0 Å². The maximum Gasteiger partial charge on any atom is 0.510 e. The van der Waals surface area contributed by atoms with E-state index in [1.807, 2.05) is 0 Å². The Balaban J connectivity index is 2.81. The summed E-state index contributed by atoms with van der Waals surface area (Å²) in [5, 5.41) is 8.55. The van der Waals surface area contributed by atoms with Crippen LogP contribution in [0.1, 0.15) is 15.9 Å². The molecule has 0 saturated carbocycles. The summed E-state index contributed by atoms with van der Waals surface area (Å²) in [6, 6.07) is 5.90. The van der Waals surface area contributed by atoms with E-state index >= 15 is 0 Å². The van der Waals surface area contributed by atoms with E-state index in [2.05, 4.69) is 0 Å². The lowest BCUT2D eigenvalue weighted by molar-refractivity contribution is 0.0697. The van der Waals surface area contributed by atoms with Gasteiger partial charge in [0.05, 0.1) is 5.56 Å². The van der Waals surface area contributed by atoms with Gasteiger partial charge in [0.15, 0.2) is 0 Å². The molecule has 1 rings (SSSR count). The number of carboxylic acids is 1. The average Bonchev–Trinajstić information content (AvgIpc) is 2.04. The summed E-state index contributed by atoms with van der Waals surface area (Å²) < 4.78 is 10.4. The molecule has 0 bridgehead atoms. The first-order chi connectivity index (χ1) is 6.09. The number of carbonyl (C=O) groups is 1. The van der Waals surface area contributed by atoms with Crippen molar-refractivity contribution in [2.24, 2.45) is 0 Å². The Hall–Kier alpha value is -1.25. The Morgan fingerprint density at radius 1 is 1.31 bits per heavy atom. The van der Waals surface area contributed by atoms with Gasteiger partial charge >= 0.3 is 14.0 Å². The Labute approximate surface area is 75.7 Å². The van der Waals surface area contributed by atoms with Gasteiger partial charge in [0, 0.05) is 5.56 Å². The van der Waals surface area contributed by atoms with Gasteiger partial charge < -0.3 is 5.11 Å². The summed E-state index contributed by atoms with van der Waals surface area (Å²) in [7, 11) is -2.20. The predicted octanol–water partition coefficient (Wildman–Crippen LogP) is 1.62. The normalized spacial score (nSPS) is 11.0. The lowest BCUT2D eigenvalue weighted by atomic mass is 10.1. The van der Waals surface area contributed by atoms with E-state index < -0.39 is 14.0 Å². The van der Waals surface area contributed by atoms with E-state index in [-0.39, 0.29) is 11.7 Å². The monoisotopic (exact) mass is 199 g/mol. The zero-order valence-corrected chi connectivity index (χ0v) is 7.57. The molecular formula is C8H8O4P+. The van der Waals surface area contributed by atoms with Gasteiger partial charge in [-0.1, -0.05) is 12.1 Å². The van der Waals surface area contributed by atoms with Crippen molar-refractivity contribution in [2.75, 3.05) is 0 Å². The molecule has 0 heterocycles. The van der Waals surface area contributed by atoms with E-state index in [9.17, 15) is 9.36 Å². The van der Waals surface area contributed by atoms with E-state index in [1.165, 1.54) is 24.3 Å². The van der Waals surface area contributed by atoms with Crippen molar-refractivity contribution in [1.82, 2.24) is 0 Å². The minimum Gasteiger partial charge on any atom is -0.478 e. The van der Waals surface area contributed by atoms with Gasteiger partial charge in [0.2, 0.25) is 6.16 Å². The zero-order valence-electron chi connectivity index (χ0n) is 6.67. The molecule has 0 fully saturated rings. The van der Waals surface area contributed by atoms with Crippen LogP contribution in [0.15, 0.2) is 24.3 Å². The van der Waals surface area contributed by atoms with Gasteiger partial charge in [-0.05, 0) is 16.7 Å². The lowest BCUT2D eigenvalue weighted by Gasteiger charge is -1.93. The van der Waals surface area contributed by atoms with Gasteiger partial charge in [0.25, 0.3) is 0 Å². The average molecular weight is 199 g/mol. The number of aromatic carboxylic acids is 1. The molecule has 0 radical (unpaired) electrons. The fraction of sp³-hybridized carbons (Fsp3) is 0.125. The third kappa shape index (κ3) is 2.93. The number of hydrogen-bond donors (Lipinski definition) is 2. The van der Waals surface area contributed by atoms with Crippen LogP contribution in [0.25, 0.3) is 0 Å². The van der Waals surface area contributed by atoms with Crippen LogP contribution in [-0.2, 0) is 10.7 Å². The van der Waals surface area contributed by atoms with E-state index in [1.54, 1.807) is 0 Å². The number of carboxylic acid groups (broad SMARTS) is 1. The van der Waals surface area contributed by atoms with E-state index in [0.29, 0.717) is 5.56 Å². The quantitative estimate of drug-likeness (QED) is 0.725. The molecule has 2 N–H and O–H groups in total. The van der Waals surface area contributed by atoms with Crippen LogP contribution < -0.4 is 0 Å². The van der Waals surface area contributed by atoms with E-state index in [0.717, 1.165) is 0 Å². The molecule has 0 saturated heterocycles. The second-order valence-corrected chi connectivity index (χ2v) is 3.53. The van der Waals surface area contributed by atoms with Crippen LogP contribution in [-0.4, -0.2) is 16.0 Å². The SMILES string of the molecule is O=C(O)c1ccc(C[P+](=O)O)cc1. The Bertz CT molecular complexity index is 331. The van der Waals surface area contributed by atoms with Crippen molar-refractivity contribution >= 4 is 14.0 Å². The topological polar surface area (TPSA) is 74.6 Å². The van der Waals surface area contributed by atoms with Gasteiger partial charge in [-0.3, -0.25) is 0 Å². The first-order valence-corrected chi connectivity index (χ1v) is 4.95. The van der Waals surface area contributed by atoms with Crippen LogP contribution in [0.4, 0.5) is 0 Å². The standard InChI is InChI=1S/C8H7O4P/c9-8(10)7-3-1-6(2-4-7)5-13(11)12/h1-4H,5H2,(H-,9,10,11,12)/p+1. The van der Waals surface area contributed by atoms with Crippen molar-refractivity contribution < 1.29 is 19.4 Å². The summed E-state index contributed by atoms with van der Waals surface area (Å²) >= 11 is 0. The Kier molecular flexibility index (Phi) is 3.12. The largest absolute Gasteiger partial charge is 0.510 e. The fourth-order valence-electron chi connectivity index (χ4n) is 0.909. The first-order valence-electron chi connectivity index (χ1n) is 3.55. The second-order valence-electron chi connectivity index (χ2n) is 2.51. The smallest absolute Gasteiger partial charge is 0.478 e. The summed E-state index contributed by atoms with van der Waals surface area (Å²) in [5.74, 6) is -1.00. The lowest BCUT2D eigenvalue weighted by Crippen LogP contribution is -1.95. The summed E-state index contributed by atoms with van der Waals surface area (Å²) in [4.78, 5) is 19.0. The van der Waals surface area contributed by atoms with Gasteiger partial charge in [-0.25, -0.2) is 4.79 Å². The number of rotatable bonds is 3. The second kappa shape index (κ2) is 4.12. The molecule has 5 heteroatoms. The molecule has 1 aromatic carbocycles. The molecule has 68 valence electrons. The minimum atomic E-state index is -2.20. The zero-order chi connectivity index (χ0) is 9.84.